The van der Waals surface area contributed by atoms with Crippen molar-refractivity contribution in [3.63, 3.8) is 0 Å². The summed E-state index contributed by atoms with van der Waals surface area (Å²) in [5.41, 5.74) is 0.0401. The molecule has 1 fully saturated rings. The Labute approximate surface area is 116 Å². The summed E-state index contributed by atoms with van der Waals surface area (Å²) in [6, 6.07) is 0.557. The van der Waals surface area contributed by atoms with E-state index in [2.05, 4.69) is 17.3 Å². The van der Waals surface area contributed by atoms with Gasteiger partial charge in [0.1, 0.15) is 5.60 Å². The summed E-state index contributed by atoms with van der Waals surface area (Å²) in [5.74, 6) is 0.856. The Hall–Kier alpha value is -0.870. The highest BCUT2D eigenvalue weighted by atomic mass is 16.3. The maximum Gasteiger partial charge on any atom is 0.102 e. The number of nitrogens with zero attached hydrogens (tertiary/aromatic N) is 2. The van der Waals surface area contributed by atoms with Gasteiger partial charge in [0, 0.05) is 31.4 Å². The minimum absolute atomic E-state index is 0.557. The van der Waals surface area contributed by atoms with E-state index in [0.29, 0.717) is 12.6 Å². The van der Waals surface area contributed by atoms with E-state index < -0.39 is 5.60 Å². The Morgan fingerprint density at radius 3 is 2.95 bits per heavy atom. The van der Waals surface area contributed by atoms with Gasteiger partial charge in [0.2, 0.25) is 0 Å². The van der Waals surface area contributed by atoms with Gasteiger partial charge in [-0.15, -0.1) is 0 Å². The molecular formula is C15H27N3O. The first-order chi connectivity index (χ1) is 9.01. The predicted octanol–water partition coefficient (Wildman–Crippen LogP) is 2.19. The van der Waals surface area contributed by atoms with Crippen LogP contribution in [0.3, 0.4) is 0 Å². The van der Waals surface area contributed by atoms with Gasteiger partial charge in [-0.1, -0.05) is 26.2 Å². The third-order valence-corrected chi connectivity index (χ3v) is 4.42. The SMILES string of the molecule is CCC1CCCC(NCC(C)(O)c2cnn(C)c2)C1. The van der Waals surface area contributed by atoms with Crippen LogP contribution in [0.25, 0.3) is 0 Å². The molecule has 2 rings (SSSR count). The molecule has 3 unspecified atom stereocenters. The third-order valence-electron chi connectivity index (χ3n) is 4.42. The Morgan fingerprint density at radius 1 is 1.53 bits per heavy atom. The van der Waals surface area contributed by atoms with Crippen molar-refractivity contribution in [1.29, 1.82) is 0 Å². The molecule has 0 amide bonds. The Bertz CT molecular complexity index is 400. The van der Waals surface area contributed by atoms with Crippen molar-refractivity contribution in [1.82, 2.24) is 15.1 Å². The number of aryl methyl sites for hydroxylation is 1. The Balaban J connectivity index is 1.87. The molecule has 108 valence electrons. The van der Waals surface area contributed by atoms with Crippen LogP contribution in [-0.4, -0.2) is 27.5 Å². The molecular weight excluding hydrogens is 238 g/mol. The first kappa shape index (κ1) is 14.5. The van der Waals surface area contributed by atoms with E-state index in [1.807, 2.05) is 20.2 Å². The summed E-state index contributed by atoms with van der Waals surface area (Å²) < 4.78 is 1.73. The maximum absolute atomic E-state index is 10.5. The van der Waals surface area contributed by atoms with Crippen molar-refractivity contribution in [3.05, 3.63) is 18.0 Å². The monoisotopic (exact) mass is 265 g/mol. The second kappa shape index (κ2) is 6.06. The zero-order valence-corrected chi connectivity index (χ0v) is 12.4. The van der Waals surface area contributed by atoms with Gasteiger partial charge < -0.3 is 10.4 Å². The lowest BCUT2D eigenvalue weighted by atomic mass is 9.84. The summed E-state index contributed by atoms with van der Waals surface area (Å²) in [5, 5.41) is 18.2. The summed E-state index contributed by atoms with van der Waals surface area (Å²) in [6.07, 6.45) is 10.1. The highest BCUT2D eigenvalue weighted by Crippen LogP contribution is 2.27. The van der Waals surface area contributed by atoms with Gasteiger partial charge in [-0.2, -0.15) is 5.10 Å². The molecule has 1 aromatic heterocycles. The van der Waals surface area contributed by atoms with Crippen LogP contribution >= 0.6 is 0 Å². The summed E-state index contributed by atoms with van der Waals surface area (Å²) in [4.78, 5) is 0. The van der Waals surface area contributed by atoms with Gasteiger partial charge in [-0.3, -0.25) is 4.68 Å². The van der Waals surface area contributed by atoms with Crippen molar-refractivity contribution >= 4 is 0 Å². The topological polar surface area (TPSA) is 50.1 Å². The molecule has 4 heteroatoms. The maximum atomic E-state index is 10.5. The number of aromatic nitrogens is 2. The molecule has 0 radical (unpaired) electrons. The third kappa shape index (κ3) is 3.80. The smallest absolute Gasteiger partial charge is 0.102 e. The second-order valence-corrected chi connectivity index (χ2v) is 6.20. The summed E-state index contributed by atoms with van der Waals surface area (Å²) in [6.45, 7) is 4.73. The van der Waals surface area contributed by atoms with E-state index in [1.165, 1.54) is 32.1 Å². The Kier molecular flexibility index (Phi) is 4.63. The molecule has 19 heavy (non-hydrogen) atoms. The van der Waals surface area contributed by atoms with Crippen molar-refractivity contribution < 1.29 is 5.11 Å². The molecule has 0 bridgehead atoms. The molecule has 4 nitrogen and oxygen atoms in total. The normalized spacial score (nSPS) is 27.2. The molecule has 1 aromatic rings. The van der Waals surface area contributed by atoms with Crippen LogP contribution in [0, 0.1) is 5.92 Å². The fourth-order valence-electron chi connectivity index (χ4n) is 2.99. The van der Waals surface area contributed by atoms with Crippen molar-refractivity contribution in [2.24, 2.45) is 13.0 Å². The van der Waals surface area contributed by atoms with Crippen molar-refractivity contribution in [2.75, 3.05) is 6.54 Å². The first-order valence-corrected chi connectivity index (χ1v) is 7.46. The van der Waals surface area contributed by atoms with Crippen molar-refractivity contribution in [2.45, 2.75) is 57.6 Å². The van der Waals surface area contributed by atoms with Crippen LogP contribution < -0.4 is 5.32 Å². The van der Waals surface area contributed by atoms with E-state index in [0.717, 1.165) is 11.5 Å². The van der Waals surface area contributed by atoms with Gasteiger partial charge in [0.25, 0.3) is 0 Å². The fourth-order valence-corrected chi connectivity index (χ4v) is 2.99. The lowest BCUT2D eigenvalue weighted by Gasteiger charge is -2.32. The lowest BCUT2D eigenvalue weighted by molar-refractivity contribution is 0.0508. The average Bonchev–Trinajstić information content (AvgIpc) is 2.84. The fraction of sp³-hybridized carbons (Fsp3) is 0.800. The predicted molar refractivity (Wildman–Crippen MR) is 76.8 cm³/mol. The molecule has 1 saturated carbocycles. The highest BCUT2D eigenvalue weighted by Gasteiger charge is 2.27. The molecule has 1 aliphatic carbocycles. The molecule has 3 atom stereocenters. The molecule has 2 N–H and O–H groups in total. The number of aliphatic hydroxyl groups is 1. The number of hydrogen-bond acceptors (Lipinski definition) is 3. The largest absolute Gasteiger partial charge is 0.384 e. The molecule has 0 spiro atoms. The van der Waals surface area contributed by atoms with Crippen LogP contribution in [0.4, 0.5) is 0 Å². The minimum atomic E-state index is -0.840. The molecule has 0 saturated heterocycles. The van der Waals surface area contributed by atoms with Gasteiger partial charge in [-0.25, -0.2) is 0 Å². The molecule has 0 aromatic carbocycles. The number of rotatable bonds is 5. The van der Waals surface area contributed by atoms with E-state index in [9.17, 15) is 5.11 Å². The molecule has 1 heterocycles. The summed E-state index contributed by atoms with van der Waals surface area (Å²) >= 11 is 0. The minimum Gasteiger partial charge on any atom is -0.384 e. The average molecular weight is 265 g/mol. The van der Waals surface area contributed by atoms with Crippen LogP contribution in [0.2, 0.25) is 0 Å². The first-order valence-electron chi connectivity index (χ1n) is 7.46. The number of hydrogen-bond donors (Lipinski definition) is 2. The van der Waals surface area contributed by atoms with Crippen LogP contribution in [-0.2, 0) is 12.6 Å². The highest BCUT2D eigenvalue weighted by molar-refractivity contribution is 5.14. The zero-order chi connectivity index (χ0) is 13.9. The quantitative estimate of drug-likeness (QED) is 0.858. The van der Waals surface area contributed by atoms with E-state index >= 15 is 0 Å². The standard InChI is InChI=1S/C15H27N3O/c1-4-12-6-5-7-14(8-12)16-11-15(2,19)13-9-17-18(3)10-13/h9-10,12,14,16,19H,4-8,11H2,1-3H3. The molecule has 1 aliphatic rings. The summed E-state index contributed by atoms with van der Waals surface area (Å²) in [7, 11) is 1.87. The van der Waals surface area contributed by atoms with E-state index in [1.54, 1.807) is 10.9 Å². The second-order valence-electron chi connectivity index (χ2n) is 6.20. The van der Waals surface area contributed by atoms with Crippen molar-refractivity contribution in [3.8, 4) is 0 Å². The zero-order valence-electron chi connectivity index (χ0n) is 12.4. The van der Waals surface area contributed by atoms with Crippen LogP contribution in [0.5, 0.6) is 0 Å². The Morgan fingerprint density at radius 2 is 2.32 bits per heavy atom. The molecule has 0 aliphatic heterocycles. The lowest BCUT2D eigenvalue weighted by Crippen LogP contribution is -2.42. The van der Waals surface area contributed by atoms with Gasteiger partial charge in [-0.05, 0) is 25.7 Å². The van der Waals surface area contributed by atoms with Gasteiger partial charge in [0.15, 0.2) is 0 Å². The van der Waals surface area contributed by atoms with Gasteiger partial charge in [0.05, 0.1) is 6.20 Å². The van der Waals surface area contributed by atoms with E-state index in [-0.39, 0.29) is 0 Å². The van der Waals surface area contributed by atoms with Crippen LogP contribution in [0.15, 0.2) is 12.4 Å². The van der Waals surface area contributed by atoms with E-state index in [4.69, 9.17) is 0 Å². The van der Waals surface area contributed by atoms with Crippen LogP contribution in [0.1, 0.15) is 51.5 Å². The number of nitrogens with one attached hydrogen (secondary N) is 1. The van der Waals surface area contributed by atoms with Gasteiger partial charge >= 0.3 is 0 Å².